The number of carbonyl (C=O) groups is 1. The third-order valence-electron chi connectivity index (χ3n) is 8.01. The van der Waals surface area contributed by atoms with Gasteiger partial charge in [-0.1, -0.05) is 50.5 Å². The largest absolute Gasteiger partial charge is 0.382 e. The number of carbonyl (C=O) groups excluding carboxylic acids is 1. The first-order valence-corrected chi connectivity index (χ1v) is 14.3. The van der Waals surface area contributed by atoms with Crippen LogP contribution in [0.2, 0.25) is 0 Å². The normalized spacial score (nSPS) is 18.6. The van der Waals surface area contributed by atoms with Crippen molar-refractivity contribution in [2.75, 3.05) is 51.1 Å². The molecular formula is C31H46N4O. The van der Waals surface area contributed by atoms with Crippen molar-refractivity contribution >= 4 is 11.6 Å². The lowest BCUT2D eigenvalue weighted by Crippen LogP contribution is -2.47. The lowest BCUT2D eigenvalue weighted by atomic mass is 9.93. The maximum Gasteiger partial charge on any atom is 0.253 e. The molecule has 1 saturated heterocycles. The molecular weight excluding hydrogens is 444 g/mol. The third kappa shape index (κ3) is 6.68. The van der Waals surface area contributed by atoms with E-state index < -0.39 is 0 Å². The van der Waals surface area contributed by atoms with Gasteiger partial charge in [0.2, 0.25) is 0 Å². The number of nitrogens with zero attached hydrogens (tertiary/aromatic N) is 3. The van der Waals surface area contributed by atoms with Crippen LogP contribution in [0.3, 0.4) is 0 Å². The van der Waals surface area contributed by atoms with E-state index in [-0.39, 0.29) is 11.9 Å². The highest BCUT2D eigenvalue weighted by atomic mass is 16.2. The number of hydrogen-bond donors (Lipinski definition) is 1. The third-order valence-corrected chi connectivity index (χ3v) is 8.01. The van der Waals surface area contributed by atoms with E-state index in [1.807, 2.05) is 30.9 Å². The second-order valence-electron chi connectivity index (χ2n) is 10.5. The van der Waals surface area contributed by atoms with Crippen molar-refractivity contribution in [1.29, 1.82) is 0 Å². The highest BCUT2D eigenvalue weighted by Crippen LogP contribution is 2.32. The lowest BCUT2D eigenvalue weighted by molar-refractivity contribution is 0.0773. The van der Waals surface area contributed by atoms with Gasteiger partial charge >= 0.3 is 0 Å². The Kier molecular flexibility index (Phi) is 9.82. The van der Waals surface area contributed by atoms with Crippen LogP contribution in [0.4, 0.5) is 5.69 Å². The smallest absolute Gasteiger partial charge is 0.253 e. The van der Waals surface area contributed by atoms with Gasteiger partial charge in [0.1, 0.15) is 0 Å². The molecule has 5 nitrogen and oxygen atoms in total. The summed E-state index contributed by atoms with van der Waals surface area (Å²) in [5.41, 5.74) is 4.62. The predicted octanol–water partition coefficient (Wildman–Crippen LogP) is 6.03. The van der Waals surface area contributed by atoms with Gasteiger partial charge in [-0.05, 0) is 75.0 Å². The summed E-state index contributed by atoms with van der Waals surface area (Å²) in [4.78, 5) is 20.0. The Morgan fingerprint density at radius 3 is 2.25 bits per heavy atom. The fraction of sp³-hybridized carbons (Fsp3) is 0.581. The average molecular weight is 491 g/mol. The van der Waals surface area contributed by atoms with Crippen LogP contribution in [-0.4, -0.2) is 72.5 Å². The van der Waals surface area contributed by atoms with Gasteiger partial charge < -0.3 is 15.1 Å². The first-order valence-electron chi connectivity index (χ1n) is 14.3. The number of amides is 1. The highest BCUT2D eigenvalue weighted by Gasteiger charge is 2.27. The van der Waals surface area contributed by atoms with Crippen molar-refractivity contribution in [3.05, 3.63) is 65.2 Å². The predicted molar refractivity (Wildman–Crippen MR) is 151 cm³/mol. The van der Waals surface area contributed by atoms with Crippen molar-refractivity contribution in [3.8, 4) is 0 Å². The molecule has 2 aromatic carbocycles. The Balaban J connectivity index is 1.59. The summed E-state index contributed by atoms with van der Waals surface area (Å²) in [5, 5.41) is 3.83. The van der Waals surface area contributed by atoms with Crippen molar-refractivity contribution in [1.82, 2.24) is 14.7 Å². The number of benzene rings is 2. The van der Waals surface area contributed by atoms with Crippen LogP contribution in [-0.2, 0) is 0 Å². The zero-order valence-corrected chi connectivity index (χ0v) is 22.7. The summed E-state index contributed by atoms with van der Waals surface area (Å²) < 4.78 is 0. The lowest BCUT2D eigenvalue weighted by Gasteiger charge is -2.40. The van der Waals surface area contributed by atoms with Gasteiger partial charge in [0.25, 0.3) is 5.91 Å². The number of hydrogen-bond acceptors (Lipinski definition) is 4. The molecule has 0 aromatic heterocycles. The molecule has 0 spiro atoms. The molecule has 36 heavy (non-hydrogen) atoms. The fourth-order valence-corrected chi connectivity index (χ4v) is 5.96. The topological polar surface area (TPSA) is 38.8 Å². The van der Waals surface area contributed by atoms with Crippen LogP contribution in [0, 0.1) is 0 Å². The maximum absolute atomic E-state index is 12.9. The summed E-state index contributed by atoms with van der Waals surface area (Å²) >= 11 is 0. The van der Waals surface area contributed by atoms with Crippen LogP contribution in [0.1, 0.15) is 86.8 Å². The average Bonchev–Trinajstić information content (AvgIpc) is 2.92. The van der Waals surface area contributed by atoms with E-state index in [4.69, 9.17) is 0 Å². The van der Waals surface area contributed by atoms with Gasteiger partial charge in [0.05, 0.1) is 6.04 Å². The van der Waals surface area contributed by atoms with Crippen molar-refractivity contribution in [3.63, 3.8) is 0 Å². The minimum absolute atomic E-state index is 0.120. The zero-order chi connectivity index (χ0) is 25.3. The number of nitrogens with one attached hydrogen (secondary N) is 1. The zero-order valence-electron chi connectivity index (χ0n) is 22.7. The van der Waals surface area contributed by atoms with Crippen LogP contribution >= 0.6 is 0 Å². The summed E-state index contributed by atoms with van der Waals surface area (Å²) in [5.74, 6) is 0.120. The molecule has 1 heterocycles. The van der Waals surface area contributed by atoms with Crippen LogP contribution < -0.4 is 5.32 Å². The van der Waals surface area contributed by atoms with Gasteiger partial charge in [-0.15, -0.1) is 0 Å². The summed E-state index contributed by atoms with van der Waals surface area (Å²) in [7, 11) is 0. The van der Waals surface area contributed by atoms with E-state index >= 15 is 0 Å². The molecule has 2 aromatic rings. The Hall–Kier alpha value is -2.37. The Morgan fingerprint density at radius 1 is 0.917 bits per heavy atom. The minimum Gasteiger partial charge on any atom is -0.382 e. The second kappa shape index (κ2) is 13.3. The van der Waals surface area contributed by atoms with Gasteiger partial charge in [-0.2, -0.15) is 0 Å². The van der Waals surface area contributed by atoms with E-state index in [2.05, 4.69) is 58.4 Å². The number of piperazine rings is 1. The van der Waals surface area contributed by atoms with Gasteiger partial charge in [0, 0.05) is 56.6 Å². The van der Waals surface area contributed by atoms with Crippen molar-refractivity contribution in [2.24, 2.45) is 0 Å². The van der Waals surface area contributed by atoms with Gasteiger partial charge in [-0.3, -0.25) is 9.69 Å². The van der Waals surface area contributed by atoms with Gasteiger partial charge in [-0.25, -0.2) is 0 Å². The monoisotopic (exact) mass is 490 g/mol. The first kappa shape index (κ1) is 26.7. The summed E-state index contributed by atoms with van der Waals surface area (Å²) in [6.07, 6.45) is 7.79. The SMILES string of the molecule is CCCN1CCN(C(c2ccc(C(=O)N(CC)CC)cc2)c2cccc(NC3CCCCC3)c2)CC1. The van der Waals surface area contributed by atoms with Crippen LogP contribution in [0.15, 0.2) is 48.5 Å². The minimum atomic E-state index is 0.120. The van der Waals surface area contributed by atoms with Crippen LogP contribution in [0.5, 0.6) is 0 Å². The Bertz CT molecular complexity index is 941. The second-order valence-corrected chi connectivity index (χ2v) is 10.5. The fourth-order valence-electron chi connectivity index (χ4n) is 5.96. The molecule has 1 aliphatic carbocycles. The molecule has 1 aliphatic heterocycles. The quantitative estimate of drug-likeness (QED) is 0.441. The molecule has 1 saturated carbocycles. The van der Waals surface area contributed by atoms with Crippen molar-refractivity contribution < 1.29 is 4.79 Å². The molecule has 5 heteroatoms. The summed E-state index contributed by atoms with van der Waals surface area (Å²) in [6.45, 7) is 13.4. The van der Waals surface area contributed by atoms with E-state index in [0.29, 0.717) is 6.04 Å². The highest BCUT2D eigenvalue weighted by molar-refractivity contribution is 5.94. The summed E-state index contributed by atoms with van der Waals surface area (Å²) in [6, 6.07) is 18.3. The molecule has 0 bridgehead atoms. The molecule has 1 unspecified atom stereocenters. The molecule has 1 amide bonds. The molecule has 4 rings (SSSR count). The van der Waals surface area contributed by atoms with E-state index in [9.17, 15) is 4.79 Å². The molecule has 2 fully saturated rings. The Morgan fingerprint density at radius 2 is 1.61 bits per heavy atom. The Labute approximate surface area is 218 Å². The molecule has 1 atom stereocenters. The van der Waals surface area contributed by atoms with E-state index in [1.165, 1.54) is 61.9 Å². The standard InChI is InChI=1S/C31H46N4O/c1-4-19-33-20-22-35(23-21-33)30(25-15-17-26(18-16-25)31(36)34(5-2)6-3)27-11-10-14-29(24-27)32-28-12-8-7-9-13-28/h10-11,14-18,24,28,30,32H,4-9,12-13,19-23H2,1-3H3. The van der Waals surface area contributed by atoms with Crippen molar-refractivity contribution in [2.45, 2.75) is 71.4 Å². The first-order chi connectivity index (χ1) is 17.6. The number of anilines is 1. The maximum atomic E-state index is 12.9. The van der Waals surface area contributed by atoms with E-state index in [0.717, 1.165) is 44.8 Å². The molecule has 2 aliphatic rings. The molecule has 1 N–H and O–H groups in total. The molecule has 196 valence electrons. The number of rotatable bonds is 10. The van der Waals surface area contributed by atoms with E-state index in [1.54, 1.807) is 0 Å². The van der Waals surface area contributed by atoms with Gasteiger partial charge in [0.15, 0.2) is 0 Å². The van der Waals surface area contributed by atoms with Crippen LogP contribution in [0.25, 0.3) is 0 Å². The molecule has 0 radical (unpaired) electrons.